The van der Waals surface area contributed by atoms with E-state index in [0.717, 1.165) is 32.5 Å². The zero-order valence-electron chi connectivity index (χ0n) is 14.6. The molecule has 0 N–H and O–H groups in total. The van der Waals surface area contributed by atoms with Crippen molar-refractivity contribution >= 4 is 5.91 Å². The highest BCUT2D eigenvalue weighted by molar-refractivity contribution is 5.76. The second-order valence-corrected chi connectivity index (χ2v) is 7.17. The molecule has 0 unspecified atom stereocenters. The van der Waals surface area contributed by atoms with E-state index in [0.29, 0.717) is 18.6 Å². The standard InChI is InChI=1S/C20H26N4O/c25-20(16-23-13-6-11-21-23)24-14-5-10-19(24)18-9-4-12-22(18)15-17-7-2-1-3-8-17/h1-3,6-8,11,13,18-19H,4-5,9-10,12,14-16H2/t18-,19+/m0/s1. The lowest BCUT2D eigenvalue weighted by atomic mass is 10.0. The Labute approximate surface area is 149 Å². The molecule has 0 radical (unpaired) electrons. The van der Waals surface area contributed by atoms with Gasteiger partial charge in [-0.25, -0.2) is 0 Å². The molecule has 5 nitrogen and oxygen atoms in total. The van der Waals surface area contributed by atoms with Crippen molar-refractivity contribution in [2.24, 2.45) is 0 Å². The molecule has 2 saturated heterocycles. The summed E-state index contributed by atoms with van der Waals surface area (Å²) >= 11 is 0. The fraction of sp³-hybridized carbons (Fsp3) is 0.500. The summed E-state index contributed by atoms with van der Waals surface area (Å²) < 4.78 is 1.73. The fourth-order valence-electron chi connectivity index (χ4n) is 4.43. The summed E-state index contributed by atoms with van der Waals surface area (Å²) in [5.41, 5.74) is 1.36. The maximum absolute atomic E-state index is 12.8. The van der Waals surface area contributed by atoms with E-state index in [4.69, 9.17) is 0 Å². The van der Waals surface area contributed by atoms with E-state index in [9.17, 15) is 4.79 Å². The number of carbonyl (C=O) groups is 1. The highest BCUT2D eigenvalue weighted by Crippen LogP contribution is 2.31. The molecule has 4 rings (SSSR count). The van der Waals surface area contributed by atoms with Crippen LogP contribution in [0.5, 0.6) is 0 Å². The Balaban J connectivity index is 1.44. The summed E-state index contributed by atoms with van der Waals surface area (Å²) in [5.74, 6) is 0.206. The Bertz CT molecular complexity index is 685. The van der Waals surface area contributed by atoms with Gasteiger partial charge in [0, 0.05) is 37.6 Å². The number of carbonyl (C=O) groups excluding carboxylic acids is 1. The molecule has 1 aromatic carbocycles. The third-order valence-corrected chi connectivity index (χ3v) is 5.56. The van der Waals surface area contributed by atoms with Gasteiger partial charge in [0.1, 0.15) is 6.54 Å². The molecule has 0 saturated carbocycles. The van der Waals surface area contributed by atoms with Gasteiger partial charge in [0.15, 0.2) is 0 Å². The molecule has 3 heterocycles. The maximum atomic E-state index is 12.8. The maximum Gasteiger partial charge on any atom is 0.244 e. The molecule has 2 aliphatic heterocycles. The van der Waals surface area contributed by atoms with Gasteiger partial charge in [0.2, 0.25) is 5.91 Å². The monoisotopic (exact) mass is 338 g/mol. The first-order valence-corrected chi connectivity index (χ1v) is 9.36. The topological polar surface area (TPSA) is 41.4 Å². The summed E-state index contributed by atoms with van der Waals surface area (Å²) in [5, 5.41) is 4.18. The first-order valence-electron chi connectivity index (χ1n) is 9.36. The summed E-state index contributed by atoms with van der Waals surface area (Å²) in [4.78, 5) is 17.5. The summed E-state index contributed by atoms with van der Waals surface area (Å²) in [6.45, 7) is 3.37. The first kappa shape index (κ1) is 16.3. The largest absolute Gasteiger partial charge is 0.337 e. The molecule has 0 aliphatic carbocycles. The Morgan fingerprint density at radius 2 is 1.84 bits per heavy atom. The number of nitrogens with zero attached hydrogens (tertiary/aromatic N) is 4. The van der Waals surface area contributed by atoms with Crippen LogP contribution in [0.15, 0.2) is 48.8 Å². The van der Waals surface area contributed by atoms with Crippen LogP contribution in [0.3, 0.4) is 0 Å². The van der Waals surface area contributed by atoms with Gasteiger partial charge in [-0.05, 0) is 43.9 Å². The molecular weight excluding hydrogens is 312 g/mol. The van der Waals surface area contributed by atoms with E-state index < -0.39 is 0 Å². The third-order valence-electron chi connectivity index (χ3n) is 5.56. The van der Waals surface area contributed by atoms with Crippen LogP contribution in [0.4, 0.5) is 0 Å². The van der Waals surface area contributed by atoms with Crippen molar-refractivity contribution in [1.29, 1.82) is 0 Å². The van der Waals surface area contributed by atoms with Crippen LogP contribution >= 0.6 is 0 Å². The molecule has 2 fully saturated rings. The van der Waals surface area contributed by atoms with E-state index in [1.54, 1.807) is 10.9 Å². The van der Waals surface area contributed by atoms with Crippen molar-refractivity contribution in [3.05, 3.63) is 54.4 Å². The molecular formula is C20H26N4O. The molecule has 0 bridgehead atoms. The van der Waals surface area contributed by atoms with Gasteiger partial charge in [-0.15, -0.1) is 0 Å². The number of amides is 1. The van der Waals surface area contributed by atoms with Gasteiger partial charge in [-0.1, -0.05) is 30.3 Å². The molecule has 0 spiro atoms. The predicted octanol–water partition coefficient (Wildman–Crippen LogP) is 2.54. The highest BCUT2D eigenvalue weighted by Gasteiger charge is 2.39. The summed E-state index contributed by atoms with van der Waals surface area (Å²) in [6.07, 6.45) is 8.26. The lowest BCUT2D eigenvalue weighted by molar-refractivity contribution is -0.134. The van der Waals surface area contributed by atoms with E-state index >= 15 is 0 Å². The molecule has 5 heteroatoms. The van der Waals surface area contributed by atoms with E-state index in [1.165, 1.54) is 18.4 Å². The molecule has 1 aromatic heterocycles. The first-order chi connectivity index (χ1) is 12.3. The Morgan fingerprint density at radius 1 is 1.04 bits per heavy atom. The summed E-state index contributed by atoms with van der Waals surface area (Å²) in [6, 6.07) is 13.4. The Hall–Kier alpha value is -2.14. The van der Waals surface area contributed by atoms with Crippen molar-refractivity contribution in [3.8, 4) is 0 Å². The second kappa shape index (κ2) is 7.40. The average Bonchev–Trinajstić information content (AvgIpc) is 3.36. The van der Waals surface area contributed by atoms with Crippen molar-refractivity contribution in [1.82, 2.24) is 19.6 Å². The smallest absolute Gasteiger partial charge is 0.244 e. The van der Waals surface area contributed by atoms with Crippen molar-refractivity contribution < 1.29 is 4.79 Å². The Morgan fingerprint density at radius 3 is 2.64 bits per heavy atom. The van der Waals surface area contributed by atoms with Gasteiger partial charge in [-0.2, -0.15) is 5.10 Å². The molecule has 2 aromatic rings. The van der Waals surface area contributed by atoms with Gasteiger partial charge in [-0.3, -0.25) is 14.4 Å². The lowest BCUT2D eigenvalue weighted by Gasteiger charge is -2.35. The van der Waals surface area contributed by atoms with Crippen molar-refractivity contribution in [2.75, 3.05) is 13.1 Å². The predicted molar refractivity (Wildman–Crippen MR) is 96.8 cm³/mol. The number of rotatable bonds is 5. The highest BCUT2D eigenvalue weighted by atomic mass is 16.2. The van der Waals surface area contributed by atoms with Crippen LogP contribution in [0.1, 0.15) is 31.2 Å². The lowest BCUT2D eigenvalue weighted by Crippen LogP contribution is -2.48. The van der Waals surface area contributed by atoms with E-state index in [1.807, 2.05) is 12.3 Å². The quantitative estimate of drug-likeness (QED) is 0.841. The normalized spacial score (nSPS) is 24.1. The Kier molecular flexibility index (Phi) is 4.83. The van der Waals surface area contributed by atoms with Gasteiger partial charge in [0.25, 0.3) is 0 Å². The average molecular weight is 338 g/mol. The minimum absolute atomic E-state index is 0.206. The van der Waals surface area contributed by atoms with Crippen LogP contribution < -0.4 is 0 Å². The zero-order valence-corrected chi connectivity index (χ0v) is 14.6. The zero-order chi connectivity index (χ0) is 17.1. The van der Waals surface area contributed by atoms with Crippen LogP contribution in [0.2, 0.25) is 0 Å². The van der Waals surface area contributed by atoms with Crippen LogP contribution in [0.25, 0.3) is 0 Å². The van der Waals surface area contributed by atoms with Crippen molar-refractivity contribution in [3.63, 3.8) is 0 Å². The van der Waals surface area contributed by atoms with Gasteiger partial charge in [0.05, 0.1) is 0 Å². The van der Waals surface area contributed by atoms with E-state index in [-0.39, 0.29) is 5.91 Å². The number of benzene rings is 1. The minimum atomic E-state index is 0.206. The summed E-state index contributed by atoms with van der Waals surface area (Å²) in [7, 11) is 0. The molecule has 25 heavy (non-hydrogen) atoms. The number of hydrogen-bond donors (Lipinski definition) is 0. The fourth-order valence-corrected chi connectivity index (χ4v) is 4.43. The molecule has 2 atom stereocenters. The molecule has 1 amide bonds. The third kappa shape index (κ3) is 3.61. The number of hydrogen-bond acceptors (Lipinski definition) is 3. The molecule has 2 aliphatic rings. The minimum Gasteiger partial charge on any atom is -0.337 e. The van der Waals surface area contributed by atoms with Crippen LogP contribution in [0, 0.1) is 0 Å². The van der Waals surface area contributed by atoms with Crippen LogP contribution in [-0.4, -0.2) is 50.7 Å². The van der Waals surface area contributed by atoms with Gasteiger partial charge < -0.3 is 4.90 Å². The van der Waals surface area contributed by atoms with Crippen LogP contribution in [-0.2, 0) is 17.9 Å². The number of likely N-dealkylation sites (tertiary alicyclic amines) is 2. The number of aromatic nitrogens is 2. The second-order valence-electron chi connectivity index (χ2n) is 7.17. The molecule has 132 valence electrons. The van der Waals surface area contributed by atoms with Gasteiger partial charge >= 0.3 is 0 Å². The van der Waals surface area contributed by atoms with E-state index in [2.05, 4.69) is 45.2 Å². The SMILES string of the molecule is O=C(Cn1cccn1)N1CCC[C@@H]1[C@@H]1CCCN1Cc1ccccc1. The van der Waals surface area contributed by atoms with Crippen molar-refractivity contribution in [2.45, 2.75) is 50.9 Å².